The summed E-state index contributed by atoms with van der Waals surface area (Å²) in [4.78, 5) is 25.9. The van der Waals surface area contributed by atoms with E-state index in [0.29, 0.717) is 17.7 Å². The van der Waals surface area contributed by atoms with Gasteiger partial charge in [0.05, 0.1) is 17.7 Å². The molecule has 3 rings (SSSR count). The van der Waals surface area contributed by atoms with Gasteiger partial charge in [0.15, 0.2) is 0 Å². The predicted molar refractivity (Wildman–Crippen MR) is 84.3 cm³/mol. The van der Waals surface area contributed by atoms with E-state index in [0.717, 1.165) is 11.3 Å². The first-order chi connectivity index (χ1) is 10.2. The van der Waals surface area contributed by atoms with E-state index in [4.69, 9.17) is 0 Å². The third kappa shape index (κ3) is 2.59. The van der Waals surface area contributed by atoms with Gasteiger partial charge >= 0.3 is 0 Å². The summed E-state index contributed by atoms with van der Waals surface area (Å²) < 4.78 is 0. The Kier molecular flexibility index (Phi) is 3.80. The predicted octanol–water partition coefficient (Wildman–Crippen LogP) is 3.35. The molecular formula is C17H15NO2S. The molecule has 0 atom stereocenters. The summed E-state index contributed by atoms with van der Waals surface area (Å²) in [7, 11) is 0. The largest absolute Gasteiger partial charge is 0.270 e. The van der Waals surface area contributed by atoms with Crippen molar-refractivity contribution in [1.82, 2.24) is 4.90 Å². The molecule has 2 aromatic rings. The number of hydrogen-bond acceptors (Lipinski definition) is 3. The molecule has 0 N–H and O–H groups in total. The third-order valence-corrected chi connectivity index (χ3v) is 4.17. The number of rotatable bonds is 4. The maximum atomic E-state index is 12.3. The third-order valence-electron chi connectivity index (χ3n) is 3.55. The van der Waals surface area contributed by atoms with E-state index in [1.807, 2.05) is 24.3 Å². The average Bonchev–Trinajstić information content (AvgIpc) is 2.75. The van der Waals surface area contributed by atoms with Gasteiger partial charge in [0, 0.05) is 5.75 Å². The van der Waals surface area contributed by atoms with Crippen LogP contribution in [-0.4, -0.2) is 23.0 Å². The van der Waals surface area contributed by atoms with E-state index in [2.05, 4.69) is 6.26 Å². The molecule has 0 saturated carbocycles. The minimum atomic E-state index is -0.205. The Morgan fingerprint density at radius 1 is 0.857 bits per heavy atom. The van der Waals surface area contributed by atoms with Crippen LogP contribution in [0, 0.1) is 0 Å². The lowest BCUT2D eigenvalue weighted by Crippen LogP contribution is -2.29. The lowest BCUT2D eigenvalue weighted by molar-refractivity contribution is 0.0642. The normalized spacial score (nSPS) is 13.7. The highest BCUT2D eigenvalue weighted by Gasteiger charge is 2.34. The molecule has 2 aromatic carbocycles. The summed E-state index contributed by atoms with van der Waals surface area (Å²) >= 11 is 1.77. The van der Waals surface area contributed by atoms with Crippen molar-refractivity contribution in [2.24, 2.45) is 0 Å². The lowest BCUT2D eigenvalue weighted by Gasteiger charge is -2.14. The van der Waals surface area contributed by atoms with Gasteiger partial charge in [-0.15, -0.1) is 0 Å². The summed E-state index contributed by atoms with van der Waals surface area (Å²) in [5, 5.41) is 0. The molecule has 1 aliphatic heterocycles. The van der Waals surface area contributed by atoms with Crippen molar-refractivity contribution in [2.45, 2.75) is 12.3 Å². The van der Waals surface area contributed by atoms with Gasteiger partial charge in [-0.3, -0.25) is 14.5 Å². The molecule has 2 amide bonds. The highest BCUT2D eigenvalue weighted by atomic mass is 32.2. The fourth-order valence-electron chi connectivity index (χ4n) is 2.47. The number of fused-ring (bicyclic) bond motifs is 1. The second-order valence-electron chi connectivity index (χ2n) is 4.99. The number of carbonyl (C=O) groups excluding carboxylic acids is 2. The Hall–Kier alpha value is -2.07. The topological polar surface area (TPSA) is 37.4 Å². The Morgan fingerprint density at radius 2 is 1.38 bits per heavy atom. The second-order valence-corrected chi connectivity index (χ2v) is 5.86. The van der Waals surface area contributed by atoms with Gasteiger partial charge in [-0.25, -0.2) is 0 Å². The number of nitrogens with zero attached hydrogens (tertiary/aromatic N) is 1. The van der Waals surface area contributed by atoms with E-state index < -0.39 is 0 Å². The Balaban J connectivity index is 1.80. The summed E-state index contributed by atoms with van der Waals surface area (Å²) in [6.45, 7) is 0.325. The first-order valence-electron chi connectivity index (χ1n) is 6.72. The first-order valence-corrected chi connectivity index (χ1v) is 8.12. The number of hydrogen-bond donors (Lipinski definition) is 0. The standard InChI is InChI=1S/C17H15NO2S/c1-21-11-13-8-6-12(7-9-13)10-18-16(19)14-4-2-3-5-15(14)17(18)20/h2-9H,10-11H2,1H3. The van der Waals surface area contributed by atoms with E-state index in [-0.39, 0.29) is 11.8 Å². The zero-order valence-corrected chi connectivity index (χ0v) is 12.5. The lowest BCUT2D eigenvalue weighted by atomic mass is 10.1. The molecule has 0 spiro atoms. The molecule has 0 aliphatic carbocycles. The van der Waals surface area contributed by atoms with Crippen LogP contribution in [0.5, 0.6) is 0 Å². The SMILES string of the molecule is CSCc1ccc(CN2C(=O)c3ccccc3C2=O)cc1. The molecule has 0 unspecified atom stereocenters. The summed E-state index contributed by atoms with van der Waals surface area (Å²) in [5.74, 6) is 0.556. The number of imide groups is 1. The van der Waals surface area contributed by atoms with Crippen LogP contribution in [0.2, 0.25) is 0 Å². The van der Waals surface area contributed by atoms with E-state index in [1.54, 1.807) is 36.0 Å². The van der Waals surface area contributed by atoms with Crippen molar-refractivity contribution in [3.63, 3.8) is 0 Å². The molecule has 0 fully saturated rings. The molecule has 0 aromatic heterocycles. The molecular weight excluding hydrogens is 282 g/mol. The van der Waals surface area contributed by atoms with E-state index in [9.17, 15) is 9.59 Å². The highest BCUT2D eigenvalue weighted by molar-refractivity contribution is 7.97. The fourth-order valence-corrected chi connectivity index (χ4v) is 3.00. The monoisotopic (exact) mass is 297 g/mol. The van der Waals surface area contributed by atoms with Crippen molar-refractivity contribution in [2.75, 3.05) is 6.26 Å². The van der Waals surface area contributed by atoms with Crippen molar-refractivity contribution in [1.29, 1.82) is 0 Å². The van der Waals surface area contributed by atoms with Crippen LogP contribution >= 0.6 is 11.8 Å². The Morgan fingerprint density at radius 3 is 1.90 bits per heavy atom. The van der Waals surface area contributed by atoms with Gasteiger partial charge in [-0.2, -0.15) is 11.8 Å². The molecule has 21 heavy (non-hydrogen) atoms. The van der Waals surface area contributed by atoms with Crippen molar-refractivity contribution in [3.05, 3.63) is 70.8 Å². The molecule has 1 aliphatic rings. The van der Waals surface area contributed by atoms with Crippen LogP contribution < -0.4 is 0 Å². The van der Waals surface area contributed by atoms with Crippen molar-refractivity contribution < 1.29 is 9.59 Å². The smallest absolute Gasteiger partial charge is 0.261 e. The van der Waals surface area contributed by atoms with Crippen LogP contribution in [0.3, 0.4) is 0 Å². The first kappa shape index (κ1) is 13.9. The zero-order chi connectivity index (χ0) is 14.8. The molecule has 106 valence electrons. The van der Waals surface area contributed by atoms with Gasteiger partial charge in [-0.05, 0) is 29.5 Å². The minimum Gasteiger partial charge on any atom is -0.270 e. The van der Waals surface area contributed by atoms with Crippen LogP contribution in [0.1, 0.15) is 31.8 Å². The average molecular weight is 297 g/mol. The quantitative estimate of drug-likeness (QED) is 0.812. The maximum Gasteiger partial charge on any atom is 0.261 e. The van der Waals surface area contributed by atoms with E-state index in [1.165, 1.54) is 10.5 Å². The number of thioether (sulfide) groups is 1. The van der Waals surface area contributed by atoms with Gasteiger partial charge in [0.2, 0.25) is 0 Å². The summed E-state index contributed by atoms with van der Waals surface area (Å²) in [5.41, 5.74) is 3.21. The number of amides is 2. The molecule has 4 heteroatoms. The second kappa shape index (κ2) is 5.74. The van der Waals surface area contributed by atoms with Gasteiger partial charge in [0.25, 0.3) is 11.8 Å². The van der Waals surface area contributed by atoms with Crippen LogP contribution in [0.25, 0.3) is 0 Å². The molecule has 0 saturated heterocycles. The molecule has 1 heterocycles. The summed E-state index contributed by atoms with van der Waals surface area (Å²) in [6.07, 6.45) is 2.06. The van der Waals surface area contributed by atoms with Crippen LogP contribution in [0.15, 0.2) is 48.5 Å². The maximum absolute atomic E-state index is 12.3. The van der Waals surface area contributed by atoms with Gasteiger partial charge < -0.3 is 0 Å². The number of benzene rings is 2. The summed E-state index contributed by atoms with van der Waals surface area (Å²) in [6, 6.07) is 15.0. The number of carbonyl (C=O) groups is 2. The van der Waals surface area contributed by atoms with Crippen molar-refractivity contribution in [3.8, 4) is 0 Å². The van der Waals surface area contributed by atoms with Gasteiger partial charge in [0.1, 0.15) is 0 Å². The Labute approximate surface area is 128 Å². The van der Waals surface area contributed by atoms with Gasteiger partial charge in [-0.1, -0.05) is 36.4 Å². The zero-order valence-electron chi connectivity index (χ0n) is 11.7. The van der Waals surface area contributed by atoms with E-state index >= 15 is 0 Å². The fraction of sp³-hybridized carbons (Fsp3) is 0.176. The van der Waals surface area contributed by atoms with Crippen molar-refractivity contribution >= 4 is 23.6 Å². The Bertz CT molecular complexity index is 659. The molecule has 3 nitrogen and oxygen atoms in total. The minimum absolute atomic E-state index is 0.205. The highest BCUT2D eigenvalue weighted by Crippen LogP contribution is 2.24. The van der Waals surface area contributed by atoms with Crippen LogP contribution in [0.4, 0.5) is 0 Å². The molecule has 0 radical (unpaired) electrons. The molecule has 0 bridgehead atoms. The van der Waals surface area contributed by atoms with Crippen LogP contribution in [-0.2, 0) is 12.3 Å².